The van der Waals surface area contributed by atoms with Gasteiger partial charge in [-0.25, -0.2) is 19.7 Å². The number of imide groups is 1. The molecule has 1 aliphatic heterocycles. The first-order valence-corrected chi connectivity index (χ1v) is 11.2. The van der Waals surface area contributed by atoms with Gasteiger partial charge in [0.05, 0.1) is 11.1 Å². The Morgan fingerprint density at radius 3 is 2.64 bits per heavy atom. The van der Waals surface area contributed by atoms with Gasteiger partial charge in [0.2, 0.25) is 5.91 Å². The van der Waals surface area contributed by atoms with Crippen molar-refractivity contribution in [1.82, 2.24) is 9.97 Å². The summed E-state index contributed by atoms with van der Waals surface area (Å²) in [7, 11) is 0. The Balaban J connectivity index is 1.56. The quantitative estimate of drug-likeness (QED) is 0.333. The van der Waals surface area contributed by atoms with Crippen LogP contribution in [0.4, 0.5) is 10.5 Å². The maximum Gasteiger partial charge on any atom is 0.421 e. The van der Waals surface area contributed by atoms with Crippen molar-refractivity contribution < 1.29 is 14.3 Å². The summed E-state index contributed by atoms with van der Waals surface area (Å²) in [4.78, 5) is 35.9. The van der Waals surface area contributed by atoms with Crippen LogP contribution in [0, 0.1) is 11.8 Å². The smallest absolute Gasteiger partial charge is 0.421 e. The SMILES string of the molecule is CC(C)(C)OC(=O)N1C(=O)C2(CCC2)c2ccc(C#Cc3nccc4cnc(Cl)cc34)cc21. The largest absolute Gasteiger partial charge is 0.443 e. The summed E-state index contributed by atoms with van der Waals surface area (Å²) < 4.78 is 5.54. The minimum Gasteiger partial charge on any atom is -0.443 e. The number of aromatic nitrogens is 2. The van der Waals surface area contributed by atoms with Crippen LogP contribution in [0.3, 0.4) is 0 Å². The highest BCUT2D eigenvalue weighted by molar-refractivity contribution is 6.30. The van der Waals surface area contributed by atoms with Crippen LogP contribution < -0.4 is 4.90 Å². The number of hydrogen-bond donors (Lipinski definition) is 0. The van der Waals surface area contributed by atoms with Crippen molar-refractivity contribution >= 4 is 40.1 Å². The predicted octanol–water partition coefficient (Wildman–Crippen LogP) is 5.39. The highest BCUT2D eigenvalue weighted by Crippen LogP contribution is 2.53. The number of benzene rings is 1. The molecule has 3 heterocycles. The van der Waals surface area contributed by atoms with Gasteiger partial charge < -0.3 is 4.74 Å². The molecule has 3 aromatic rings. The molecule has 166 valence electrons. The van der Waals surface area contributed by atoms with Crippen molar-refractivity contribution in [2.24, 2.45) is 0 Å². The maximum absolute atomic E-state index is 13.3. The van der Waals surface area contributed by atoms with Crippen molar-refractivity contribution in [3.05, 3.63) is 64.7 Å². The third-order valence-corrected chi connectivity index (χ3v) is 6.30. The molecule has 6 nitrogen and oxygen atoms in total. The van der Waals surface area contributed by atoms with Crippen LogP contribution >= 0.6 is 11.6 Å². The van der Waals surface area contributed by atoms with Gasteiger partial charge in [0.15, 0.2) is 0 Å². The van der Waals surface area contributed by atoms with E-state index in [1.165, 1.54) is 4.90 Å². The molecule has 2 aliphatic rings. The number of hydrogen-bond acceptors (Lipinski definition) is 5. The van der Waals surface area contributed by atoms with Crippen molar-refractivity contribution in [1.29, 1.82) is 0 Å². The second-order valence-corrected chi connectivity index (χ2v) is 9.81. The van der Waals surface area contributed by atoms with Gasteiger partial charge >= 0.3 is 6.09 Å². The number of anilines is 1. The van der Waals surface area contributed by atoms with Crippen LogP contribution in [-0.2, 0) is 14.9 Å². The Bertz CT molecular complexity index is 1380. The molecule has 0 radical (unpaired) electrons. The second-order valence-electron chi connectivity index (χ2n) is 9.43. The number of fused-ring (bicyclic) bond motifs is 3. The molecule has 0 atom stereocenters. The highest BCUT2D eigenvalue weighted by Gasteiger charge is 2.56. The molecule has 2 amide bonds. The monoisotopic (exact) mass is 459 g/mol. The average molecular weight is 460 g/mol. The van der Waals surface area contributed by atoms with Crippen molar-refractivity contribution in [3.63, 3.8) is 0 Å². The molecule has 0 N–H and O–H groups in total. The number of amides is 2. The first-order valence-electron chi connectivity index (χ1n) is 10.8. The minimum absolute atomic E-state index is 0.207. The van der Waals surface area contributed by atoms with Gasteiger partial charge in [-0.05, 0) is 69.4 Å². The first-order chi connectivity index (χ1) is 15.7. The molecular weight excluding hydrogens is 438 g/mol. The zero-order valence-corrected chi connectivity index (χ0v) is 19.4. The zero-order valence-electron chi connectivity index (χ0n) is 18.6. The lowest BCUT2D eigenvalue weighted by Crippen LogP contribution is -2.48. The summed E-state index contributed by atoms with van der Waals surface area (Å²) in [6.45, 7) is 5.35. The molecule has 2 aromatic heterocycles. The fraction of sp³-hybridized carbons (Fsp3) is 0.308. The number of carbonyl (C=O) groups is 2. The molecule has 0 saturated heterocycles. The van der Waals surface area contributed by atoms with Gasteiger partial charge in [-0.1, -0.05) is 30.0 Å². The number of nitrogens with zero attached hydrogens (tertiary/aromatic N) is 3. The van der Waals surface area contributed by atoms with Gasteiger partial charge in [0.25, 0.3) is 0 Å². The van der Waals surface area contributed by atoms with Gasteiger partial charge in [-0.2, -0.15) is 0 Å². The van der Waals surface area contributed by atoms with Crippen LogP contribution in [-0.4, -0.2) is 27.6 Å². The van der Waals surface area contributed by atoms with Crippen LogP contribution in [0.2, 0.25) is 5.15 Å². The Morgan fingerprint density at radius 2 is 1.94 bits per heavy atom. The molecule has 1 aliphatic carbocycles. The van der Waals surface area contributed by atoms with E-state index < -0.39 is 17.1 Å². The Labute approximate surface area is 196 Å². The van der Waals surface area contributed by atoms with E-state index >= 15 is 0 Å². The van der Waals surface area contributed by atoms with Gasteiger partial charge in [-0.15, -0.1) is 0 Å². The average Bonchev–Trinajstić information content (AvgIpc) is 2.98. The lowest BCUT2D eigenvalue weighted by Gasteiger charge is -2.36. The lowest BCUT2D eigenvalue weighted by molar-refractivity contribution is -0.125. The summed E-state index contributed by atoms with van der Waals surface area (Å²) in [6, 6.07) is 9.17. The number of pyridine rings is 2. The molecule has 1 spiro atoms. The molecule has 1 saturated carbocycles. The van der Waals surface area contributed by atoms with Crippen LogP contribution in [0.1, 0.15) is 56.9 Å². The number of halogens is 1. The van der Waals surface area contributed by atoms with Crippen LogP contribution in [0.15, 0.2) is 42.7 Å². The second kappa shape index (κ2) is 7.57. The molecule has 1 fully saturated rings. The van der Waals surface area contributed by atoms with Crippen LogP contribution in [0.25, 0.3) is 10.8 Å². The van der Waals surface area contributed by atoms with Crippen molar-refractivity contribution in [3.8, 4) is 11.8 Å². The van der Waals surface area contributed by atoms with Gasteiger partial charge in [0, 0.05) is 28.7 Å². The van der Waals surface area contributed by atoms with Crippen molar-refractivity contribution in [2.75, 3.05) is 4.90 Å². The molecule has 33 heavy (non-hydrogen) atoms. The standard InChI is InChI=1S/C26H22ClN3O3/c1-25(2,3)33-24(32)30-21-13-16(5-7-19(21)26(23(30)31)10-4-11-26)6-8-20-18-14-22(27)29-15-17(18)9-12-28-20/h5,7,9,12-15H,4,10-11H2,1-3H3. The summed E-state index contributed by atoms with van der Waals surface area (Å²) in [5.41, 5.74) is 1.34. The number of ether oxygens (including phenoxy) is 1. The highest BCUT2D eigenvalue weighted by atomic mass is 35.5. The van der Waals surface area contributed by atoms with E-state index in [-0.39, 0.29) is 5.91 Å². The van der Waals surface area contributed by atoms with Crippen molar-refractivity contribution in [2.45, 2.75) is 51.0 Å². The number of rotatable bonds is 0. The van der Waals surface area contributed by atoms with E-state index in [2.05, 4.69) is 21.8 Å². The third-order valence-electron chi connectivity index (χ3n) is 6.09. The first kappa shape index (κ1) is 21.4. The van der Waals surface area contributed by atoms with Gasteiger partial charge in [0.1, 0.15) is 16.4 Å². The third kappa shape index (κ3) is 3.63. The normalized spacial score (nSPS) is 16.2. The Kier molecular flexibility index (Phi) is 4.91. The summed E-state index contributed by atoms with van der Waals surface area (Å²) in [5, 5.41) is 2.07. The summed E-state index contributed by atoms with van der Waals surface area (Å²) in [5.74, 6) is 6.01. The Morgan fingerprint density at radius 1 is 1.15 bits per heavy atom. The summed E-state index contributed by atoms with van der Waals surface area (Å²) >= 11 is 6.05. The van der Waals surface area contributed by atoms with E-state index in [1.54, 1.807) is 45.3 Å². The van der Waals surface area contributed by atoms with E-state index in [0.29, 0.717) is 22.1 Å². The molecular formula is C26H22ClN3O3. The van der Waals surface area contributed by atoms with E-state index in [4.69, 9.17) is 16.3 Å². The lowest BCUT2D eigenvalue weighted by atomic mass is 9.65. The predicted molar refractivity (Wildman–Crippen MR) is 126 cm³/mol. The fourth-order valence-electron chi connectivity index (χ4n) is 4.41. The fourth-order valence-corrected chi connectivity index (χ4v) is 4.57. The molecule has 5 rings (SSSR count). The molecule has 0 bridgehead atoms. The van der Waals surface area contributed by atoms with Crippen LogP contribution in [0.5, 0.6) is 0 Å². The topological polar surface area (TPSA) is 72.4 Å². The van der Waals surface area contributed by atoms with E-state index in [1.807, 2.05) is 18.2 Å². The molecule has 1 aromatic carbocycles. The molecule has 7 heteroatoms. The molecule has 0 unspecified atom stereocenters. The zero-order chi connectivity index (χ0) is 23.4. The minimum atomic E-state index is -0.708. The number of carbonyl (C=O) groups excluding carboxylic acids is 2. The maximum atomic E-state index is 13.3. The van der Waals surface area contributed by atoms with Gasteiger partial charge in [-0.3, -0.25) is 4.79 Å². The summed E-state index contributed by atoms with van der Waals surface area (Å²) in [6.07, 6.45) is 5.13. The van der Waals surface area contributed by atoms with E-state index in [0.717, 1.165) is 35.6 Å². The Hall–Kier alpha value is -3.43. The van der Waals surface area contributed by atoms with E-state index in [9.17, 15) is 9.59 Å².